The third-order valence-electron chi connectivity index (χ3n) is 1.56. The van der Waals surface area contributed by atoms with Crippen LogP contribution in [-0.4, -0.2) is 17.3 Å². The van der Waals surface area contributed by atoms with Crippen LogP contribution in [-0.2, 0) is 4.84 Å². The third-order valence-corrected chi connectivity index (χ3v) is 1.56. The van der Waals surface area contributed by atoms with Crippen LogP contribution in [0.25, 0.3) is 0 Å². The summed E-state index contributed by atoms with van der Waals surface area (Å²) in [6, 6.07) is 0. The highest BCUT2D eigenvalue weighted by atomic mass is 16.7. The average molecular weight is 175 g/mol. The molecule has 4 heteroatoms. The first-order valence-electron chi connectivity index (χ1n) is 4.31. The van der Waals surface area contributed by atoms with Gasteiger partial charge >= 0.3 is 6.09 Å². The van der Waals surface area contributed by atoms with Crippen molar-refractivity contribution >= 4 is 6.09 Å². The Bertz CT molecular complexity index is 127. The molecule has 0 fully saturated rings. The molecular weight excluding hydrogens is 158 g/mol. The SMILES string of the molecule is CCCCCC(C)ONC(=O)O. The van der Waals surface area contributed by atoms with Crippen molar-refractivity contribution in [3.8, 4) is 0 Å². The number of rotatable bonds is 6. The predicted octanol–water partition coefficient (Wildman–Crippen LogP) is 2.15. The van der Waals surface area contributed by atoms with Crippen LogP contribution in [0.2, 0.25) is 0 Å². The van der Waals surface area contributed by atoms with Gasteiger partial charge in [0, 0.05) is 0 Å². The first-order chi connectivity index (χ1) is 5.66. The van der Waals surface area contributed by atoms with Gasteiger partial charge in [-0.3, -0.25) is 4.84 Å². The van der Waals surface area contributed by atoms with Gasteiger partial charge in [0.1, 0.15) is 0 Å². The van der Waals surface area contributed by atoms with Crippen molar-refractivity contribution in [3.05, 3.63) is 0 Å². The van der Waals surface area contributed by atoms with Gasteiger partial charge in [0.2, 0.25) is 0 Å². The van der Waals surface area contributed by atoms with Gasteiger partial charge in [0.25, 0.3) is 0 Å². The van der Waals surface area contributed by atoms with Crippen LogP contribution in [0, 0.1) is 0 Å². The topological polar surface area (TPSA) is 58.6 Å². The number of nitrogens with one attached hydrogen (secondary N) is 1. The predicted molar refractivity (Wildman–Crippen MR) is 45.8 cm³/mol. The van der Waals surface area contributed by atoms with Crippen molar-refractivity contribution in [3.63, 3.8) is 0 Å². The number of carbonyl (C=O) groups is 1. The molecule has 0 aromatic carbocycles. The highest BCUT2D eigenvalue weighted by molar-refractivity contribution is 5.62. The van der Waals surface area contributed by atoms with Crippen molar-refractivity contribution in [1.29, 1.82) is 0 Å². The van der Waals surface area contributed by atoms with Gasteiger partial charge in [-0.15, -0.1) is 0 Å². The Hall–Kier alpha value is -0.770. The molecule has 2 N–H and O–H groups in total. The van der Waals surface area contributed by atoms with Crippen molar-refractivity contribution in [2.75, 3.05) is 0 Å². The van der Waals surface area contributed by atoms with Crippen molar-refractivity contribution in [2.45, 2.75) is 45.6 Å². The number of amides is 1. The molecule has 1 atom stereocenters. The maximum Gasteiger partial charge on any atom is 0.428 e. The summed E-state index contributed by atoms with van der Waals surface area (Å²) < 4.78 is 0. The smallest absolute Gasteiger partial charge is 0.428 e. The lowest BCUT2D eigenvalue weighted by Gasteiger charge is -2.10. The Morgan fingerprint density at radius 2 is 2.25 bits per heavy atom. The van der Waals surface area contributed by atoms with Gasteiger partial charge in [0.15, 0.2) is 0 Å². The van der Waals surface area contributed by atoms with Gasteiger partial charge in [-0.1, -0.05) is 26.2 Å². The van der Waals surface area contributed by atoms with Crippen molar-refractivity contribution < 1.29 is 14.7 Å². The molecule has 0 aliphatic heterocycles. The first-order valence-corrected chi connectivity index (χ1v) is 4.31. The molecule has 0 heterocycles. The van der Waals surface area contributed by atoms with Crippen LogP contribution < -0.4 is 5.48 Å². The minimum absolute atomic E-state index is 0.0346. The normalized spacial score (nSPS) is 12.5. The molecule has 0 aromatic heterocycles. The number of carboxylic acid groups (broad SMARTS) is 1. The summed E-state index contributed by atoms with van der Waals surface area (Å²) in [4.78, 5) is 14.8. The number of unbranched alkanes of at least 4 members (excludes halogenated alkanes) is 2. The summed E-state index contributed by atoms with van der Waals surface area (Å²) in [5, 5.41) is 8.20. The van der Waals surface area contributed by atoms with Crippen molar-refractivity contribution in [2.24, 2.45) is 0 Å². The van der Waals surface area contributed by atoms with Crippen LogP contribution in [0.4, 0.5) is 4.79 Å². The average Bonchev–Trinajstić information content (AvgIpc) is 2.01. The van der Waals surface area contributed by atoms with Gasteiger partial charge in [0.05, 0.1) is 6.10 Å². The molecule has 1 unspecified atom stereocenters. The molecule has 0 bridgehead atoms. The Kier molecular flexibility index (Phi) is 6.47. The zero-order valence-corrected chi connectivity index (χ0v) is 7.67. The number of hydroxylamine groups is 1. The zero-order valence-electron chi connectivity index (χ0n) is 7.67. The molecule has 1 amide bonds. The van der Waals surface area contributed by atoms with Gasteiger partial charge in [-0.2, -0.15) is 5.48 Å². The Morgan fingerprint density at radius 1 is 1.58 bits per heavy atom. The van der Waals surface area contributed by atoms with Crippen LogP contribution in [0.15, 0.2) is 0 Å². The largest absolute Gasteiger partial charge is 0.464 e. The highest BCUT2D eigenvalue weighted by Gasteiger charge is 2.03. The molecule has 0 aliphatic rings. The Balaban J connectivity index is 3.21. The fourth-order valence-corrected chi connectivity index (χ4v) is 0.892. The van der Waals surface area contributed by atoms with E-state index in [2.05, 4.69) is 6.92 Å². The quantitative estimate of drug-likeness (QED) is 0.480. The molecule has 4 nitrogen and oxygen atoms in total. The monoisotopic (exact) mass is 175 g/mol. The summed E-state index contributed by atoms with van der Waals surface area (Å²) >= 11 is 0. The first kappa shape index (κ1) is 11.2. The molecule has 0 radical (unpaired) electrons. The van der Waals surface area contributed by atoms with Crippen LogP contribution >= 0.6 is 0 Å². The van der Waals surface area contributed by atoms with E-state index in [1.54, 1.807) is 0 Å². The van der Waals surface area contributed by atoms with Gasteiger partial charge in [-0.25, -0.2) is 4.79 Å². The molecular formula is C8H17NO3. The second kappa shape index (κ2) is 6.91. The van der Waals surface area contributed by atoms with E-state index in [0.717, 1.165) is 12.8 Å². The highest BCUT2D eigenvalue weighted by Crippen LogP contribution is 2.04. The van der Waals surface area contributed by atoms with E-state index in [4.69, 9.17) is 9.94 Å². The molecule has 0 aromatic rings. The Morgan fingerprint density at radius 3 is 2.75 bits per heavy atom. The molecule has 0 saturated carbocycles. The fraction of sp³-hybridized carbons (Fsp3) is 0.875. The van der Waals surface area contributed by atoms with E-state index in [1.165, 1.54) is 12.8 Å². The summed E-state index contributed by atoms with van der Waals surface area (Å²) in [5.74, 6) is 0. The van der Waals surface area contributed by atoms with Crippen LogP contribution in [0.5, 0.6) is 0 Å². The lowest BCUT2D eigenvalue weighted by Crippen LogP contribution is -2.26. The molecule has 0 saturated heterocycles. The van der Waals surface area contributed by atoms with Gasteiger partial charge in [-0.05, 0) is 13.3 Å². The second-order valence-corrected chi connectivity index (χ2v) is 2.83. The number of hydrogen-bond donors (Lipinski definition) is 2. The van der Waals surface area contributed by atoms with E-state index in [9.17, 15) is 4.79 Å². The summed E-state index contributed by atoms with van der Waals surface area (Å²) in [7, 11) is 0. The van der Waals surface area contributed by atoms with E-state index in [-0.39, 0.29) is 6.10 Å². The number of hydrogen-bond acceptors (Lipinski definition) is 2. The maximum absolute atomic E-state index is 10.00. The van der Waals surface area contributed by atoms with E-state index in [1.807, 2.05) is 12.4 Å². The van der Waals surface area contributed by atoms with Crippen LogP contribution in [0.3, 0.4) is 0 Å². The zero-order chi connectivity index (χ0) is 9.40. The molecule has 0 aliphatic carbocycles. The second-order valence-electron chi connectivity index (χ2n) is 2.83. The molecule has 0 rings (SSSR count). The van der Waals surface area contributed by atoms with E-state index < -0.39 is 6.09 Å². The van der Waals surface area contributed by atoms with Crippen LogP contribution in [0.1, 0.15) is 39.5 Å². The third kappa shape index (κ3) is 7.34. The Labute approximate surface area is 72.9 Å². The maximum atomic E-state index is 10.00. The molecule has 72 valence electrons. The van der Waals surface area contributed by atoms with Crippen molar-refractivity contribution in [1.82, 2.24) is 5.48 Å². The lowest BCUT2D eigenvalue weighted by molar-refractivity contribution is -0.0113. The molecule has 0 spiro atoms. The van der Waals surface area contributed by atoms with E-state index in [0.29, 0.717) is 0 Å². The standard InChI is InChI=1S/C8H17NO3/c1-3-4-5-6-7(2)12-9-8(10)11/h7,9H,3-6H2,1-2H3,(H,10,11). The minimum Gasteiger partial charge on any atom is -0.464 e. The molecule has 12 heavy (non-hydrogen) atoms. The summed E-state index contributed by atoms with van der Waals surface area (Å²) in [5.41, 5.74) is 1.89. The summed E-state index contributed by atoms with van der Waals surface area (Å²) in [6.45, 7) is 3.98. The fourth-order valence-electron chi connectivity index (χ4n) is 0.892. The van der Waals surface area contributed by atoms with Gasteiger partial charge < -0.3 is 5.11 Å². The lowest BCUT2D eigenvalue weighted by atomic mass is 10.1. The summed E-state index contributed by atoms with van der Waals surface area (Å²) in [6.07, 6.45) is 3.14. The minimum atomic E-state index is -1.14. The van der Waals surface area contributed by atoms with E-state index >= 15 is 0 Å².